The van der Waals surface area contributed by atoms with Crippen LogP contribution in [0.25, 0.3) is 11.3 Å². The number of aromatic nitrogens is 1. The molecule has 0 saturated heterocycles. The summed E-state index contributed by atoms with van der Waals surface area (Å²) in [4.78, 5) is 16.2. The van der Waals surface area contributed by atoms with E-state index < -0.39 is 5.97 Å². The van der Waals surface area contributed by atoms with Crippen molar-refractivity contribution in [3.63, 3.8) is 0 Å². The molecule has 6 nitrogen and oxygen atoms in total. The molecule has 0 aliphatic heterocycles. The van der Waals surface area contributed by atoms with Gasteiger partial charge in [-0.25, -0.2) is 0 Å². The highest BCUT2D eigenvalue weighted by Crippen LogP contribution is 2.44. The topological polar surface area (TPSA) is 77.9 Å². The maximum atomic E-state index is 11.4. The molecule has 1 aromatic heterocycles. The van der Waals surface area contributed by atoms with Crippen molar-refractivity contribution >= 4 is 5.97 Å². The summed E-state index contributed by atoms with van der Waals surface area (Å²) in [6.07, 6.45) is 4.97. The molecular formula is C33H43NO5. The van der Waals surface area contributed by atoms with Crippen molar-refractivity contribution in [1.82, 2.24) is 4.98 Å². The van der Waals surface area contributed by atoms with Crippen LogP contribution in [0, 0.1) is 11.3 Å². The summed E-state index contributed by atoms with van der Waals surface area (Å²) in [6, 6.07) is 16.1. The lowest BCUT2D eigenvalue weighted by Crippen LogP contribution is -2.11. The number of carboxylic acids is 1. The van der Waals surface area contributed by atoms with E-state index in [-0.39, 0.29) is 17.8 Å². The van der Waals surface area contributed by atoms with Gasteiger partial charge in [0.1, 0.15) is 12.4 Å². The molecule has 2 aromatic carbocycles. The summed E-state index contributed by atoms with van der Waals surface area (Å²) >= 11 is 0. The monoisotopic (exact) mass is 533 g/mol. The average molecular weight is 534 g/mol. The molecule has 1 N–H and O–H groups in total. The third-order valence-corrected chi connectivity index (χ3v) is 6.69. The van der Waals surface area contributed by atoms with Crippen LogP contribution in [0.3, 0.4) is 0 Å². The zero-order chi connectivity index (χ0) is 28.6. The molecule has 210 valence electrons. The number of nitrogens with zero attached hydrogens (tertiary/aromatic N) is 1. The van der Waals surface area contributed by atoms with Crippen molar-refractivity contribution in [3.05, 3.63) is 71.4 Å². The number of hydrogen-bond donors (Lipinski definition) is 1. The molecule has 1 heterocycles. The lowest BCUT2D eigenvalue weighted by molar-refractivity contribution is -0.137. The molecule has 1 atom stereocenters. The Labute approximate surface area is 233 Å². The first kappa shape index (κ1) is 30.0. The molecule has 39 heavy (non-hydrogen) atoms. The molecule has 6 heteroatoms. The van der Waals surface area contributed by atoms with E-state index in [1.54, 1.807) is 20.4 Å². The van der Waals surface area contributed by atoms with Gasteiger partial charge in [0.2, 0.25) is 0 Å². The minimum absolute atomic E-state index is 0.0574. The number of carbonyl (C=O) groups is 1. The van der Waals surface area contributed by atoms with Gasteiger partial charge in [0.05, 0.1) is 32.5 Å². The first-order valence-corrected chi connectivity index (χ1v) is 13.8. The number of rotatable bonds is 11. The third kappa shape index (κ3) is 8.47. The zero-order valence-corrected chi connectivity index (χ0v) is 24.4. The van der Waals surface area contributed by atoms with E-state index >= 15 is 0 Å². The predicted octanol–water partition coefficient (Wildman–Crippen LogP) is 7.93. The van der Waals surface area contributed by atoms with Crippen LogP contribution in [0.2, 0.25) is 0 Å². The van der Waals surface area contributed by atoms with Crippen molar-refractivity contribution in [3.8, 4) is 28.5 Å². The Morgan fingerprint density at radius 3 is 2.36 bits per heavy atom. The summed E-state index contributed by atoms with van der Waals surface area (Å²) in [7, 11) is 3.26. The molecule has 1 aliphatic carbocycles. The Hall–Kier alpha value is -3.54. The number of aliphatic carboxylic acids is 1. The molecule has 1 aliphatic rings. The normalized spacial score (nSPS) is 13.6. The molecular weight excluding hydrogens is 490 g/mol. The molecule has 1 saturated carbocycles. The second kappa shape index (κ2) is 13.5. The van der Waals surface area contributed by atoms with Gasteiger partial charge in [0.25, 0.3) is 0 Å². The minimum Gasteiger partial charge on any atom is -0.493 e. The molecule has 0 bridgehead atoms. The maximum Gasteiger partial charge on any atom is 0.303 e. The highest BCUT2D eigenvalue weighted by Gasteiger charge is 2.33. The SMILES string of the molecule is CC.COc1ccc(-c2ncc(OCc3cccc(C(CC(=O)O)C4CC4)c3)cc2CC(C)(C)C)cc1OC. The molecule has 3 aromatic rings. The highest BCUT2D eigenvalue weighted by molar-refractivity contribution is 5.68. The second-order valence-corrected chi connectivity index (χ2v) is 11.1. The van der Waals surface area contributed by atoms with Gasteiger partial charge >= 0.3 is 5.97 Å². The van der Waals surface area contributed by atoms with E-state index in [0.29, 0.717) is 29.8 Å². The van der Waals surface area contributed by atoms with Gasteiger partial charge in [0, 0.05) is 5.56 Å². The maximum absolute atomic E-state index is 11.4. The van der Waals surface area contributed by atoms with Gasteiger partial charge in [-0.05, 0) is 77.5 Å². The first-order valence-electron chi connectivity index (χ1n) is 13.8. The van der Waals surface area contributed by atoms with Crippen LogP contribution in [0.1, 0.15) is 76.5 Å². The van der Waals surface area contributed by atoms with Crippen LogP contribution in [0.5, 0.6) is 17.2 Å². The average Bonchev–Trinajstić information content (AvgIpc) is 3.76. The Morgan fingerprint density at radius 2 is 1.74 bits per heavy atom. The van der Waals surface area contributed by atoms with Crippen LogP contribution in [-0.4, -0.2) is 30.3 Å². The van der Waals surface area contributed by atoms with Crippen LogP contribution >= 0.6 is 0 Å². The fraction of sp³-hybridized carbons (Fsp3) is 0.455. The number of carboxylic acid groups (broad SMARTS) is 1. The molecule has 1 unspecified atom stereocenters. The summed E-state index contributed by atoms with van der Waals surface area (Å²) in [5.74, 6) is 1.84. The Balaban J connectivity index is 0.00000205. The van der Waals surface area contributed by atoms with Crippen molar-refractivity contribution in [2.24, 2.45) is 11.3 Å². The van der Waals surface area contributed by atoms with Crippen molar-refractivity contribution < 1.29 is 24.1 Å². The van der Waals surface area contributed by atoms with Gasteiger partial charge in [-0.15, -0.1) is 0 Å². The van der Waals surface area contributed by atoms with Gasteiger partial charge in [0.15, 0.2) is 11.5 Å². The fourth-order valence-electron chi connectivity index (χ4n) is 4.84. The van der Waals surface area contributed by atoms with Crippen LogP contribution in [0.4, 0.5) is 0 Å². The Bertz CT molecular complexity index is 1240. The lowest BCUT2D eigenvalue weighted by atomic mass is 9.86. The molecule has 0 spiro atoms. The molecule has 4 rings (SSSR count). The van der Waals surface area contributed by atoms with Gasteiger partial charge < -0.3 is 19.3 Å². The van der Waals surface area contributed by atoms with Crippen LogP contribution in [-0.2, 0) is 17.8 Å². The minimum atomic E-state index is -0.745. The van der Waals surface area contributed by atoms with E-state index in [2.05, 4.69) is 32.9 Å². The summed E-state index contributed by atoms with van der Waals surface area (Å²) in [5.41, 5.74) is 5.12. The Kier molecular flexibility index (Phi) is 10.4. The van der Waals surface area contributed by atoms with Crippen molar-refractivity contribution in [2.45, 2.75) is 72.8 Å². The largest absolute Gasteiger partial charge is 0.493 e. The molecule has 0 amide bonds. The highest BCUT2D eigenvalue weighted by atomic mass is 16.5. The number of benzene rings is 2. The summed E-state index contributed by atoms with van der Waals surface area (Å²) in [5, 5.41) is 9.37. The third-order valence-electron chi connectivity index (χ3n) is 6.69. The molecule has 0 radical (unpaired) electrons. The van der Waals surface area contributed by atoms with Gasteiger partial charge in [-0.1, -0.05) is 58.9 Å². The van der Waals surface area contributed by atoms with E-state index in [0.717, 1.165) is 47.2 Å². The van der Waals surface area contributed by atoms with Crippen molar-refractivity contribution in [2.75, 3.05) is 14.2 Å². The first-order chi connectivity index (χ1) is 18.7. The van der Waals surface area contributed by atoms with Gasteiger partial charge in [-0.3, -0.25) is 9.78 Å². The lowest BCUT2D eigenvalue weighted by Gasteiger charge is -2.21. The standard InChI is InChI=1S/C31H37NO5.C2H6/c1-31(2,3)17-24-14-25(18-32-30(24)23-11-12-27(35-4)28(15-23)36-5)37-19-20-7-6-8-22(13-20)26(16-29(33)34)21-9-10-21;1-2/h6-8,11-15,18,21,26H,9-10,16-17,19H2,1-5H3,(H,33,34);1-2H3. The smallest absolute Gasteiger partial charge is 0.303 e. The summed E-state index contributed by atoms with van der Waals surface area (Å²) in [6.45, 7) is 11.0. The Morgan fingerprint density at radius 1 is 1.03 bits per heavy atom. The van der Waals surface area contributed by atoms with Crippen molar-refractivity contribution in [1.29, 1.82) is 0 Å². The second-order valence-electron chi connectivity index (χ2n) is 11.1. The predicted molar refractivity (Wildman–Crippen MR) is 156 cm³/mol. The number of methoxy groups -OCH3 is 2. The van der Waals surface area contributed by atoms with E-state index in [1.165, 1.54) is 0 Å². The van der Waals surface area contributed by atoms with Crippen LogP contribution in [0.15, 0.2) is 54.7 Å². The van der Waals surface area contributed by atoms with E-state index in [1.807, 2.05) is 50.2 Å². The van der Waals surface area contributed by atoms with Gasteiger partial charge in [-0.2, -0.15) is 0 Å². The summed E-state index contributed by atoms with van der Waals surface area (Å²) < 4.78 is 17.1. The fourth-order valence-corrected chi connectivity index (χ4v) is 4.84. The number of hydrogen-bond acceptors (Lipinski definition) is 5. The number of pyridine rings is 1. The quantitative estimate of drug-likeness (QED) is 0.270. The van der Waals surface area contributed by atoms with E-state index in [9.17, 15) is 9.90 Å². The molecule has 1 fully saturated rings. The van der Waals surface area contributed by atoms with E-state index in [4.69, 9.17) is 19.2 Å². The zero-order valence-electron chi connectivity index (χ0n) is 24.4. The number of ether oxygens (including phenoxy) is 3. The van der Waals surface area contributed by atoms with Crippen LogP contribution < -0.4 is 14.2 Å².